The number of hydrogen-bond donors (Lipinski definition) is 1. The summed E-state index contributed by atoms with van der Waals surface area (Å²) in [5.41, 5.74) is 5.45. The maximum Gasteiger partial charge on any atom is 0.0997 e. The summed E-state index contributed by atoms with van der Waals surface area (Å²) in [5.74, 6) is 0.657. The van der Waals surface area contributed by atoms with E-state index >= 15 is 0 Å². The lowest BCUT2D eigenvalue weighted by Crippen LogP contribution is -2.23. The quantitative estimate of drug-likeness (QED) is 0.625. The molecule has 2 nitrogen and oxygen atoms in total. The Balaban J connectivity index is 3.14. The van der Waals surface area contributed by atoms with Gasteiger partial charge in [0.15, 0.2) is 0 Å². The molecule has 2 heteroatoms. The van der Waals surface area contributed by atoms with Gasteiger partial charge in [-0.05, 0) is 41.5 Å². The zero-order valence-corrected chi connectivity index (χ0v) is 12.8. The molecular weight excluding hydrogens is 220 g/mol. The van der Waals surface area contributed by atoms with Gasteiger partial charge in [-0.15, -0.1) is 0 Å². The van der Waals surface area contributed by atoms with Gasteiger partial charge < -0.3 is 4.90 Å². The normalized spacial score (nSPS) is 11.5. The number of benzene rings is 1. The highest BCUT2D eigenvalue weighted by Gasteiger charge is 2.16. The summed E-state index contributed by atoms with van der Waals surface area (Å²) in [6.45, 7) is 11.0. The maximum absolute atomic E-state index is 7.98. The molecule has 0 spiro atoms. The van der Waals surface area contributed by atoms with Gasteiger partial charge in [-0.2, -0.15) is 0 Å². The molecule has 0 saturated carbocycles. The summed E-state index contributed by atoms with van der Waals surface area (Å²) in [7, 11) is 3.85. The molecule has 0 atom stereocenters. The van der Waals surface area contributed by atoms with Crippen LogP contribution in [0.15, 0.2) is 12.1 Å². The third kappa shape index (κ3) is 3.34. The van der Waals surface area contributed by atoms with E-state index in [1.165, 1.54) is 22.3 Å². The van der Waals surface area contributed by atoms with Gasteiger partial charge in [-0.1, -0.05) is 32.9 Å². The van der Waals surface area contributed by atoms with Crippen molar-refractivity contribution in [2.24, 2.45) is 0 Å². The first-order valence-corrected chi connectivity index (χ1v) is 6.48. The van der Waals surface area contributed by atoms with Crippen molar-refractivity contribution < 1.29 is 0 Å². The maximum atomic E-state index is 7.98. The van der Waals surface area contributed by atoms with Crippen molar-refractivity contribution in [3.63, 3.8) is 0 Å². The smallest absolute Gasteiger partial charge is 0.0997 e. The Morgan fingerprint density at radius 1 is 1.11 bits per heavy atom. The van der Waals surface area contributed by atoms with E-state index in [9.17, 15) is 0 Å². The second-order valence-electron chi connectivity index (χ2n) is 6.36. The van der Waals surface area contributed by atoms with Crippen LogP contribution in [0.25, 0.3) is 0 Å². The van der Waals surface area contributed by atoms with Crippen molar-refractivity contribution in [2.45, 2.75) is 46.5 Å². The number of nitrogens with one attached hydrogen (secondary N) is 1. The van der Waals surface area contributed by atoms with Crippen LogP contribution in [0.1, 0.15) is 43.0 Å². The molecule has 0 aliphatic rings. The third-order valence-corrected chi connectivity index (χ3v) is 3.45. The lowest BCUT2D eigenvalue weighted by molar-refractivity contribution is 0.588. The molecule has 0 amide bonds. The molecule has 1 rings (SSSR count). The third-order valence-electron chi connectivity index (χ3n) is 3.45. The Morgan fingerprint density at radius 3 is 1.89 bits per heavy atom. The highest BCUT2D eigenvalue weighted by atomic mass is 15.1. The molecular formula is C16H26N2. The molecule has 0 aromatic heterocycles. The van der Waals surface area contributed by atoms with Crippen molar-refractivity contribution in [1.29, 1.82) is 5.41 Å². The van der Waals surface area contributed by atoms with Gasteiger partial charge in [-0.3, -0.25) is 5.41 Å². The summed E-state index contributed by atoms with van der Waals surface area (Å²) in [6.07, 6.45) is 0.717. The van der Waals surface area contributed by atoms with Crippen LogP contribution in [0.4, 0.5) is 0 Å². The fraction of sp³-hybridized carbons (Fsp3) is 0.562. The fourth-order valence-electron chi connectivity index (χ4n) is 2.03. The summed E-state index contributed by atoms with van der Waals surface area (Å²) < 4.78 is 0. The minimum Gasteiger partial charge on any atom is -0.366 e. The van der Waals surface area contributed by atoms with Crippen molar-refractivity contribution >= 4 is 5.84 Å². The number of likely N-dealkylation sites (N-methyl/N-ethyl adjacent to an activating group) is 1. The largest absolute Gasteiger partial charge is 0.366 e. The number of rotatable bonds is 2. The van der Waals surface area contributed by atoms with Crippen LogP contribution < -0.4 is 0 Å². The first kappa shape index (κ1) is 14.7. The molecule has 1 aromatic rings. The van der Waals surface area contributed by atoms with Crippen LogP contribution in [0.2, 0.25) is 0 Å². The second-order valence-corrected chi connectivity index (χ2v) is 6.36. The lowest BCUT2D eigenvalue weighted by atomic mass is 9.83. The van der Waals surface area contributed by atoms with Crippen molar-refractivity contribution in [3.05, 3.63) is 34.4 Å². The van der Waals surface area contributed by atoms with E-state index in [1.807, 2.05) is 19.0 Å². The fourth-order valence-corrected chi connectivity index (χ4v) is 2.03. The molecule has 1 aromatic carbocycles. The first-order valence-electron chi connectivity index (χ1n) is 6.48. The number of aryl methyl sites for hydroxylation is 2. The molecule has 100 valence electrons. The van der Waals surface area contributed by atoms with Crippen molar-refractivity contribution in [3.8, 4) is 0 Å². The van der Waals surface area contributed by atoms with Crippen LogP contribution in [0.3, 0.4) is 0 Å². The number of hydrogen-bond acceptors (Lipinski definition) is 1. The number of nitrogens with zero attached hydrogens (tertiary/aromatic N) is 1. The molecule has 1 N–H and O–H groups in total. The van der Waals surface area contributed by atoms with Crippen LogP contribution in [0.5, 0.6) is 0 Å². The molecule has 0 radical (unpaired) electrons. The van der Waals surface area contributed by atoms with Gasteiger partial charge in [0.2, 0.25) is 0 Å². The molecule has 0 saturated heterocycles. The number of amidine groups is 1. The van der Waals surface area contributed by atoms with Crippen molar-refractivity contribution in [1.82, 2.24) is 4.90 Å². The standard InChI is InChI=1S/C16H26N2/c1-11-8-13(16(3,4)5)9-12(2)14(11)10-15(17)18(6)7/h8-9,17H,10H2,1-7H3. The molecule has 0 heterocycles. The molecule has 0 bridgehead atoms. The first-order chi connectivity index (χ1) is 8.12. The summed E-state index contributed by atoms with van der Waals surface area (Å²) in [6, 6.07) is 4.54. The predicted octanol–water partition coefficient (Wildman–Crippen LogP) is 3.68. The second kappa shape index (κ2) is 5.13. The zero-order chi connectivity index (χ0) is 14.1. The Morgan fingerprint density at radius 2 is 1.56 bits per heavy atom. The molecule has 0 aliphatic heterocycles. The molecule has 18 heavy (non-hydrogen) atoms. The Labute approximate surface area is 112 Å². The zero-order valence-electron chi connectivity index (χ0n) is 12.8. The minimum atomic E-state index is 0.184. The highest BCUT2D eigenvalue weighted by molar-refractivity contribution is 5.81. The average Bonchev–Trinajstić information content (AvgIpc) is 2.21. The lowest BCUT2D eigenvalue weighted by Gasteiger charge is -2.23. The van der Waals surface area contributed by atoms with E-state index in [-0.39, 0.29) is 5.41 Å². The van der Waals surface area contributed by atoms with E-state index in [2.05, 4.69) is 46.8 Å². The topological polar surface area (TPSA) is 27.1 Å². The Hall–Kier alpha value is -1.31. The SMILES string of the molecule is Cc1cc(C(C)(C)C)cc(C)c1CC(=N)N(C)C. The molecule has 0 unspecified atom stereocenters. The van der Waals surface area contributed by atoms with E-state index < -0.39 is 0 Å². The average molecular weight is 246 g/mol. The van der Waals surface area contributed by atoms with Gasteiger partial charge in [-0.25, -0.2) is 0 Å². The molecule has 0 fully saturated rings. The Bertz CT molecular complexity index is 428. The van der Waals surface area contributed by atoms with Crippen LogP contribution >= 0.6 is 0 Å². The van der Waals surface area contributed by atoms with Crippen LogP contribution in [-0.2, 0) is 11.8 Å². The Kier molecular flexibility index (Phi) is 4.20. The van der Waals surface area contributed by atoms with E-state index in [0.29, 0.717) is 5.84 Å². The highest BCUT2D eigenvalue weighted by Crippen LogP contribution is 2.27. The monoisotopic (exact) mass is 246 g/mol. The van der Waals surface area contributed by atoms with Crippen LogP contribution in [-0.4, -0.2) is 24.8 Å². The minimum absolute atomic E-state index is 0.184. The summed E-state index contributed by atoms with van der Waals surface area (Å²) in [4.78, 5) is 1.87. The van der Waals surface area contributed by atoms with Gasteiger partial charge >= 0.3 is 0 Å². The molecule has 0 aliphatic carbocycles. The van der Waals surface area contributed by atoms with E-state index in [1.54, 1.807) is 0 Å². The summed E-state index contributed by atoms with van der Waals surface area (Å²) >= 11 is 0. The van der Waals surface area contributed by atoms with Gasteiger partial charge in [0, 0.05) is 20.5 Å². The van der Waals surface area contributed by atoms with Gasteiger partial charge in [0.25, 0.3) is 0 Å². The van der Waals surface area contributed by atoms with Crippen molar-refractivity contribution in [2.75, 3.05) is 14.1 Å². The van der Waals surface area contributed by atoms with Gasteiger partial charge in [0.1, 0.15) is 0 Å². The predicted molar refractivity (Wildman–Crippen MR) is 79.7 cm³/mol. The van der Waals surface area contributed by atoms with Crippen LogP contribution in [0, 0.1) is 19.3 Å². The summed E-state index contributed by atoms with van der Waals surface area (Å²) in [5, 5.41) is 7.98. The van der Waals surface area contributed by atoms with E-state index in [4.69, 9.17) is 5.41 Å². The van der Waals surface area contributed by atoms with Gasteiger partial charge in [0.05, 0.1) is 5.84 Å². The van der Waals surface area contributed by atoms with E-state index in [0.717, 1.165) is 6.42 Å².